The SMILES string of the molecule is C.C=C(C)c1ccc(/C=C/C(C)(C)C)cc1.C=C(CCC)c1ccccc1C. The summed E-state index contributed by atoms with van der Waals surface area (Å²) in [5.74, 6) is 0. The maximum absolute atomic E-state index is 4.08. The second kappa shape index (κ2) is 12.2. The molecule has 0 unspecified atom stereocenters. The molecule has 0 heterocycles. The lowest BCUT2D eigenvalue weighted by atomic mass is 9.95. The summed E-state index contributed by atoms with van der Waals surface area (Å²) in [6.45, 7) is 20.9. The van der Waals surface area contributed by atoms with Crippen LogP contribution in [0.15, 0.2) is 67.8 Å². The van der Waals surface area contributed by atoms with Gasteiger partial charge in [0.15, 0.2) is 0 Å². The average molecular weight is 377 g/mol. The van der Waals surface area contributed by atoms with Crippen molar-refractivity contribution in [2.24, 2.45) is 5.41 Å². The van der Waals surface area contributed by atoms with Crippen LogP contribution in [0.3, 0.4) is 0 Å². The standard InChI is InChI=1S/C15H20.C12H16.CH4/c1-12(2)14-8-6-13(7-9-14)10-11-15(3,4)5;1-4-7-10(2)12-9-6-5-8-11(12)3;/h6-11H,1H2,2-5H3;5-6,8-9H,2,4,7H2,1,3H3;1H4/b11-10+;;. The van der Waals surface area contributed by atoms with Crippen molar-refractivity contribution in [1.82, 2.24) is 0 Å². The fourth-order valence-corrected chi connectivity index (χ4v) is 2.63. The van der Waals surface area contributed by atoms with Crippen LogP contribution >= 0.6 is 0 Å². The molecule has 2 aromatic carbocycles. The van der Waals surface area contributed by atoms with E-state index in [9.17, 15) is 0 Å². The van der Waals surface area contributed by atoms with E-state index in [1.165, 1.54) is 34.2 Å². The van der Waals surface area contributed by atoms with Gasteiger partial charge in [-0.3, -0.25) is 0 Å². The Morgan fingerprint density at radius 3 is 2.00 bits per heavy atom. The molecule has 0 aliphatic rings. The summed E-state index contributed by atoms with van der Waals surface area (Å²) in [5.41, 5.74) is 7.72. The molecule has 2 rings (SSSR count). The van der Waals surface area contributed by atoms with E-state index >= 15 is 0 Å². The zero-order chi connectivity index (χ0) is 20.4. The van der Waals surface area contributed by atoms with E-state index in [0.717, 1.165) is 12.0 Å². The first-order chi connectivity index (χ1) is 12.6. The third-order valence-electron chi connectivity index (χ3n) is 4.26. The number of benzene rings is 2. The van der Waals surface area contributed by atoms with E-state index in [2.05, 4.69) is 108 Å². The van der Waals surface area contributed by atoms with Gasteiger partial charge in [0.2, 0.25) is 0 Å². The van der Waals surface area contributed by atoms with Gasteiger partial charge in [0.25, 0.3) is 0 Å². The molecular formula is C28H40. The van der Waals surface area contributed by atoms with Gasteiger partial charge in [0.05, 0.1) is 0 Å². The van der Waals surface area contributed by atoms with Gasteiger partial charge in [0.1, 0.15) is 0 Å². The van der Waals surface area contributed by atoms with Gasteiger partial charge >= 0.3 is 0 Å². The van der Waals surface area contributed by atoms with Gasteiger partial charge < -0.3 is 0 Å². The molecule has 28 heavy (non-hydrogen) atoms. The number of aryl methyl sites for hydroxylation is 1. The molecule has 0 aliphatic carbocycles. The van der Waals surface area contributed by atoms with Crippen molar-refractivity contribution >= 4 is 17.2 Å². The van der Waals surface area contributed by atoms with E-state index in [-0.39, 0.29) is 12.8 Å². The predicted molar refractivity (Wildman–Crippen MR) is 131 cm³/mol. The van der Waals surface area contributed by atoms with Gasteiger partial charge in [0, 0.05) is 0 Å². The number of rotatable bonds is 5. The lowest BCUT2D eigenvalue weighted by molar-refractivity contribution is 0.547. The van der Waals surface area contributed by atoms with Gasteiger partial charge in [-0.15, -0.1) is 0 Å². The minimum Gasteiger partial charge on any atom is -0.0955 e. The summed E-state index contributed by atoms with van der Waals surface area (Å²) in [6, 6.07) is 16.9. The Kier molecular flexibility index (Phi) is 11.2. The van der Waals surface area contributed by atoms with Gasteiger partial charge in [-0.05, 0) is 53.5 Å². The highest BCUT2D eigenvalue weighted by Gasteiger charge is 2.03. The largest absolute Gasteiger partial charge is 0.0955 e. The lowest BCUT2D eigenvalue weighted by Gasteiger charge is -2.11. The van der Waals surface area contributed by atoms with Crippen LogP contribution in [0.4, 0.5) is 0 Å². The first-order valence-electron chi connectivity index (χ1n) is 9.83. The van der Waals surface area contributed by atoms with E-state index < -0.39 is 0 Å². The second-order valence-corrected chi connectivity index (χ2v) is 8.27. The molecule has 0 N–H and O–H groups in total. The summed E-state index contributed by atoms with van der Waals surface area (Å²) in [6.07, 6.45) is 6.67. The number of hydrogen-bond donors (Lipinski definition) is 0. The van der Waals surface area contributed by atoms with E-state index in [1.807, 2.05) is 6.92 Å². The predicted octanol–water partition coefficient (Wildman–Crippen LogP) is 9.22. The number of allylic oxidation sites excluding steroid dienone is 3. The second-order valence-electron chi connectivity index (χ2n) is 8.27. The van der Waals surface area contributed by atoms with Crippen molar-refractivity contribution in [3.05, 3.63) is 90.0 Å². The van der Waals surface area contributed by atoms with Crippen molar-refractivity contribution < 1.29 is 0 Å². The molecule has 152 valence electrons. The lowest BCUT2D eigenvalue weighted by Crippen LogP contribution is -1.97. The van der Waals surface area contributed by atoms with Crippen LogP contribution in [0, 0.1) is 12.3 Å². The first kappa shape index (κ1) is 25.7. The van der Waals surface area contributed by atoms with Crippen molar-refractivity contribution in [3.63, 3.8) is 0 Å². The maximum Gasteiger partial charge on any atom is -0.0200 e. The summed E-state index contributed by atoms with van der Waals surface area (Å²) >= 11 is 0. The normalized spacial score (nSPS) is 10.6. The summed E-state index contributed by atoms with van der Waals surface area (Å²) in [5, 5.41) is 0. The highest BCUT2D eigenvalue weighted by Crippen LogP contribution is 2.21. The zero-order valence-electron chi connectivity index (χ0n) is 18.1. The summed E-state index contributed by atoms with van der Waals surface area (Å²) in [7, 11) is 0. The highest BCUT2D eigenvalue weighted by molar-refractivity contribution is 5.66. The molecule has 0 amide bonds. The molecule has 0 bridgehead atoms. The average Bonchev–Trinajstić information content (AvgIpc) is 2.61. The Bertz CT molecular complexity index is 764. The molecule has 0 aromatic heterocycles. The van der Waals surface area contributed by atoms with Gasteiger partial charge in [-0.2, -0.15) is 0 Å². The zero-order valence-corrected chi connectivity index (χ0v) is 18.1. The molecule has 0 aliphatic heterocycles. The minimum absolute atomic E-state index is 0. The fourth-order valence-electron chi connectivity index (χ4n) is 2.63. The Labute approximate surface area is 174 Å². The van der Waals surface area contributed by atoms with Crippen LogP contribution < -0.4 is 0 Å². The van der Waals surface area contributed by atoms with E-state index in [4.69, 9.17) is 0 Å². The van der Waals surface area contributed by atoms with Crippen molar-refractivity contribution in [3.8, 4) is 0 Å². The molecule has 0 saturated heterocycles. The Morgan fingerprint density at radius 2 is 1.54 bits per heavy atom. The quantitative estimate of drug-likeness (QED) is 0.487. The molecule has 0 nitrogen and oxygen atoms in total. The highest BCUT2D eigenvalue weighted by atomic mass is 14.1. The van der Waals surface area contributed by atoms with Gasteiger partial charge in [-0.25, -0.2) is 0 Å². The molecular weight excluding hydrogens is 336 g/mol. The Hall–Kier alpha value is -2.34. The van der Waals surface area contributed by atoms with E-state index in [0.29, 0.717) is 0 Å². The molecule has 0 heteroatoms. The fraction of sp³-hybridized carbons (Fsp3) is 0.357. The molecule has 0 fully saturated rings. The minimum atomic E-state index is 0. The smallest absolute Gasteiger partial charge is 0.0200 e. The first-order valence-corrected chi connectivity index (χ1v) is 9.83. The monoisotopic (exact) mass is 376 g/mol. The van der Waals surface area contributed by atoms with Crippen LogP contribution in [-0.4, -0.2) is 0 Å². The summed E-state index contributed by atoms with van der Waals surface area (Å²) < 4.78 is 0. The van der Waals surface area contributed by atoms with Crippen LogP contribution in [-0.2, 0) is 0 Å². The van der Waals surface area contributed by atoms with Gasteiger partial charge in [-0.1, -0.05) is 121 Å². The number of hydrogen-bond acceptors (Lipinski definition) is 0. The van der Waals surface area contributed by atoms with Crippen LogP contribution in [0.2, 0.25) is 0 Å². The van der Waals surface area contributed by atoms with Crippen molar-refractivity contribution in [1.29, 1.82) is 0 Å². The molecule has 0 atom stereocenters. The topological polar surface area (TPSA) is 0 Å². The summed E-state index contributed by atoms with van der Waals surface area (Å²) in [4.78, 5) is 0. The third-order valence-corrected chi connectivity index (χ3v) is 4.26. The van der Waals surface area contributed by atoms with Crippen LogP contribution in [0.1, 0.15) is 77.1 Å². The van der Waals surface area contributed by atoms with Crippen LogP contribution in [0.5, 0.6) is 0 Å². The van der Waals surface area contributed by atoms with Crippen molar-refractivity contribution in [2.75, 3.05) is 0 Å². The Balaban J connectivity index is 0.000000514. The molecule has 0 spiro atoms. The third kappa shape index (κ3) is 9.55. The van der Waals surface area contributed by atoms with Crippen LogP contribution in [0.25, 0.3) is 17.2 Å². The Morgan fingerprint density at radius 1 is 0.964 bits per heavy atom. The molecule has 2 aromatic rings. The molecule has 0 radical (unpaired) electrons. The van der Waals surface area contributed by atoms with E-state index in [1.54, 1.807) is 0 Å². The van der Waals surface area contributed by atoms with Crippen molar-refractivity contribution in [2.45, 2.75) is 61.8 Å². The molecule has 0 saturated carbocycles. The maximum atomic E-state index is 4.08.